The Morgan fingerprint density at radius 3 is 2.53 bits per heavy atom. The second-order valence-electron chi connectivity index (χ2n) is 9.32. The third kappa shape index (κ3) is 4.81. The van der Waals surface area contributed by atoms with E-state index in [-0.39, 0.29) is 41.3 Å². The van der Waals surface area contributed by atoms with Crippen LogP contribution in [0, 0.1) is 17.2 Å². The molecule has 1 fully saturated rings. The van der Waals surface area contributed by atoms with Crippen molar-refractivity contribution in [2.75, 3.05) is 19.8 Å². The van der Waals surface area contributed by atoms with Crippen LogP contribution in [0.15, 0.2) is 53.8 Å². The van der Waals surface area contributed by atoms with Crippen molar-refractivity contribution in [3.05, 3.63) is 65.6 Å². The number of hydrogen-bond acceptors (Lipinski definition) is 6. The summed E-state index contributed by atoms with van der Waals surface area (Å²) < 4.78 is 1.40. The van der Waals surface area contributed by atoms with E-state index in [4.69, 9.17) is 11.5 Å². The number of amides is 2. The van der Waals surface area contributed by atoms with Crippen molar-refractivity contribution in [2.45, 2.75) is 31.7 Å². The average molecular weight is 485 g/mol. The molecule has 1 atom stereocenters. The van der Waals surface area contributed by atoms with Crippen LogP contribution in [0.1, 0.15) is 41.4 Å². The highest BCUT2D eigenvalue weighted by Crippen LogP contribution is 2.47. The Morgan fingerprint density at radius 2 is 1.92 bits per heavy atom. The van der Waals surface area contributed by atoms with Crippen molar-refractivity contribution < 1.29 is 9.59 Å². The molecule has 2 heterocycles. The van der Waals surface area contributed by atoms with Crippen molar-refractivity contribution in [3.63, 3.8) is 0 Å². The van der Waals surface area contributed by atoms with E-state index >= 15 is 0 Å². The fraction of sp³-hybridized carbons (Fsp3) is 0.308. The van der Waals surface area contributed by atoms with Gasteiger partial charge in [-0.05, 0) is 48.9 Å². The Labute approximate surface area is 209 Å². The molecule has 0 spiro atoms. The summed E-state index contributed by atoms with van der Waals surface area (Å²) in [4.78, 5) is 34.6. The molecule has 0 radical (unpaired) electrons. The molecule has 1 unspecified atom stereocenters. The molecule has 0 aliphatic heterocycles. The minimum absolute atomic E-state index is 0.0304. The second-order valence-corrected chi connectivity index (χ2v) is 9.32. The molecule has 0 saturated heterocycles. The van der Waals surface area contributed by atoms with Crippen molar-refractivity contribution >= 4 is 23.5 Å². The Kier molecular flexibility index (Phi) is 6.57. The zero-order valence-electron chi connectivity index (χ0n) is 20.5. The quantitative estimate of drug-likeness (QED) is 0.385. The van der Waals surface area contributed by atoms with Gasteiger partial charge < -0.3 is 16.4 Å². The van der Waals surface area contributed by atoms with E-state index in [9.17, 15) is 14.9 Å². The van der Waals surface area contributed by atoms with E-state index in [0.717, 1.165) is 24.0 Å². The molecule has 1 saturated carbocycles. The van der Waals surface area contributed by atoms with Gasteiger partial charge in [0.1, 0.15) is 24.3 Å². The zero-order chi connectivity index (χ0) is 26.0. The highest BCUT2D eigenvalue weighted by molar-refractivity contribution is 6.06. The number of carbonyl (C=O) groups excluding carboxylic acids is 2. The van der Waals surface area contributed by atoms with Gasteiger partial charge in [-0.2, -0.15) is 15.4 Å². The van der Waals surface area contributed by atoms with Gasteiger partial charge in [0.25, 0.3) is 5.91 Å². The number of pyridine rings is 1. The summed E-state index contributed by atoms with van der Waals surface area (Å²) in [5.41, 5.74) is 14.5. The van der Waals surface area contributed by atoms with Crippen LogP contribution in [-0.4, -0.2) is 51.4 Å². The first-order chi connectivity index (χ1) is 17.1. The maximum absolute atomic E-state index is 12.9. The standard InChI is InChI=1S/C26H28N8O2/c1-26(19-8-9-19,18-6-4-16(5-7-18)20-10-11-22(28)31-21(20)12-27)25(29)32-24(36)17-13-30-34(14-17)15-23(35)33(2)3/h4-7,10-11,13-14,19H,8-9,15H2,1-3H3,(H2,28,31)(H2,29,32,36). The topological polar surface area (TPSA) is 156 Å². The molecule has 4 rings (SSSR count). The summed E-state index contributed by atoms with van der Waals surface area (Å²) in [6, 6.07) is 13.2. The van der Waals surface area contributed by atoms with Crippen molar-refractivity contribution in [3.8, 4) is 17.2 Å². The Bertz CT molecular complexity index is 1380. The van der Waals surface area contributed by atoms with E-state index < -0.39 is 11.3 Å². The molecular formula is C26H28N8O2. The van der Waals surface area contributed by atoms with Gasteiger partial charge >= 0.3 is 0 Å². The molecule has 10 nitrogen and oxygen atoms in total. The van der Waals surface area contributed by atoms with Gasteiger partial charge in [-0.25, -0.2) is 4.98 Å². The monoisotopic (exact) mass is 484 g/mol. The predicted octanol–water partition coefficient (Wildman–Crippen LogP) is 2.35. The predicted molar refractivity (Wildman–Crippen MR) is 136 cm³/mol. The number of likely N-dealkylation sites (N-methyl/N-ethyl adjacent to an activating group) is 1. The van der Waals surface area contributed by atoms with E-state index in [2.05, 4.69) is 21.1 Å². The highest BCUT2D eigenvalue weighted by atomic mass is 16.2. The number of carbonyl (C=O) groups is 2. The molecule has 2 aromatic heterocycles. The molecule has 4 N–H and O–H groups in total. The summed E-state index contributed by atoms with van der Waals surface area (Å²) in [7, 11) is 3.31. The van der Waals surface area contributed by atoms with E-state index in [1.807, 2.05) is 31.2 Å². The van der Waals surface area contributed by atoms with Crippen LogP contribution in [0.2, 0.25) is 0 Å². The third-order valence-corrected chi connectivity index (χ3v) is 6.64. The first-order valence-electron chi connectivity index (χ1n) is 11.5. The van der Waals surface area contributed by atoms with Gasteiger partial charge in [-0.3, -0.25) is 14.3 Å². The molecule has 36 heavy (non-hydrogen) atoms. The van der Waals surface area contributed by atoms with Gasteiger partial charge in [0.05, 0.1) is 17.2 Å². The van der Waals surface area contributed by atoms with Gasteiger partial charge in [0.15, 0.2) is 5.69 Å². The Balaban J connectivity index is 1.60. The van der Waals surface area contributed by atoms with Gasteiger partial charge in [0.2, 0.25) is 5.91 Å². The Morgan fingerprint density at radius 1 is 1.22 bits per heavy atom. The molecule has 1 aliphatic carbocycles. The Hall–Kier alpha value is -4.52. The van der Waals surface area contributed by atoms with E-state index in [1.165, 1.54) is 22.0 Å². The summed E-state index contributed by atoms with van der Waals surface area (Å²) in [5, 5.41) is 13.5. The molecule has 10 heteroatoms. The number of anilines is 1. The number of rotatable bonds is 7. The average Bonchev–Trinajstić information content (AvgIpc) is 3.62. The first-order valence-corrected chi connectivity index (χ1v) is 11.5. The van der Waals surface area contributed by atoms with Gasteiger partial charge in [0, 0.05) is 25.9 Å². The van der Waals surface area contributed by atoms with Gasteiger partial charge in [-0.1, -0.05) is 24.3 Å². The lowest BCUT2D eigenvalue weighted by atomic mass is 9.76. The van der Waals surface area contributed by atoms with Crippen LogP contribution < -0.4 is 11.5 Å². The van der Waals surface area contributed by atoms with Crippen LogP contribution in [0.3, 0.4) is 0 Å². The number of nitrogen functional groups attached to an aromatic ring is 1. The van der Waals surface area contributed by atoms with Crippen LogP contribution in [0.5, 0.6) is 0 Å². The fourth-order valence-corrected chi connectivity index (χ4v) is 4.17. The SMILES string of the molecule is CN(C)C(=O)Cn1cc(C(=O)N=C(N)C(C)(c2ccc(-c3ccc(N)nc3C#N)cc2)C2CC2)cn1. The van der Waals surface area contributed by atoms with E-state index in [1.54, 1.807) is 26.2 Å². The van der Waals surface area contributed by atoms with Crippen LogP contribution >= 0.6 is 0 Å². The number of hydrogen-bond donors (Lipinski definition) is 2. The van der Waals surface area contributed by atoms with Crippen molar-refractivity contribution in [1.82, 2.24) is 19.7 Å². The summed E-state index contributed by atoms with van der Waals surface area (Å²) in [5.74, 6) is 0.129. The molecular weight excluding hydrogens is 456 g/mol. The molecule has 1 aromatic carbocycles. The molecule has 3 aromatic rings. The van der Waals surface area contributed by atoms with Crippen molar-refractivity contribution in [2.24, 2.45) is 16.6 Å². The number of aliphatic imine (C=N–C) groups is 1. The number of aromatic nitrogens is 3. The minimum Gasteiger partial charge on any atom is -0.386 e. The molecule has 184 valence electrons. The second kappa shape index (κ2) is 9.62. The first kappa shape index (κ1) is 24.6. The van der Waals surface area contributed by atoms with Crippen LogP contribution in [0.25, 0.3) is 11.1 Å². The van der Waals surface area contributed by atoms with E-state index in [0.29, 0.717) is 5.56 Å². The lowest BCUT2D eigenvalue weighted by Crippen LogP contribution is -2.41. The normalized spacial score (nSPS) is 15.1. The van der Waals surface area contributed by atoms with Crippen LogP contribution in [-0.2, 0) is 16.8 Å². The number of nitrogens with two attached hydrogens (primary N) is 2. The number of nitriles is 1. The minimum atomic E-state index is -0.636. The molecule has 2 amide bonds. The summed E-state index contributed by atoms with van der Waals surface area (Å²) in [6.07, 6.45) is 4.84. The fourth-order valence-electron chi connectivity index (χ4n) is 4.17. The number of nitrogens with zero attached hydrogens (tertiary/aromatic N) is 6. The van der Waals surface area contributed by atoms with Crippen molar-refractivity contribution in [1.29, 1.82) is 5.26 Å². The van der Waals surface area contributed by atoms with Crippen LogP contribution in [0.4, 0.5) is 5.82 Å². The lowest BCUT2D eigenvalue weighted by molar-refractivity contribution is -0.129. The maximum Gasteiger partial charge on any atom is 0.281 e. The number of amidine groups is 1. The summed E-state index contributed by atoms with van der Waals surface area (Å²) >= 11 is 0. The molecule has 0 bridgehead atoms. The smallest absolute Gasteiger partial charge is 0.281 e. The lowest BCUT2D eigenvalue weighted by Gasteiger charge is -2.30. The maximum atomic E-state index is 12.9. The summed E-state index contributed by atoms with van der Waals surface area (Å²) in [6.45, 7) is 2.03. The largest absolute Gasteiger partial charge is 0.386 e. The third-order valence-electron chi connectivity index (χ3n) is 6.64. The van der Waals surface area contributed by atoms with Gasteiger partial charge in [-0.15, -0.1) is 0 Å². The molecule has 1 aliphatic rings. The highest BCUT2D eigenvalue weighted by Gasteiger charge is 2.46. The zero-order valence-corrected chi connectivity index (χ0v) is 20.5. The number of benzene rings is 1.